The maximum atomic E-state index is 13.6. The third-order valence-electron chi connectivity index (χ3n) is 8.12. The topological polar surface area (TPSA) is 83.5 Å². The number of ketones is 1. The van der Waals surface area contributed by atoms with Gasteiger partial charge in [-0.3, -0.25) is 9.59 Å². The molecule has 0 atom stereocenters. The Hall–Kier alpha value is -5.55. The minimum atomic E-state index is -1.08. The number of Topliss-reactive ketones (excluding diaryl/α,β-unsaturated/α-hetero) is 1. The van der Waals surface area contributed by atoms with Gasteiger partial charge in [-0.05, 0) is 80.0 Å². The normalized spacial score (nSPS) is 11.5. The zero-order valence-electron chi connectivity index (χ0n) is 22.8. The summed E-state index contributed by atoms with van der Waals surface area (Å²) < 4.78 is 0. The number of hydrogen-bond donors (Lipinski definition) is 2. The van der Waals surface area contributed by atoms with Crippen molar-refractivity contribution in [2.24, 2.45) is 0 Å². The minimum Gasteiger partial charge on any atom is -0.478 e. The number of carbonyl (C=O) groups excluding carboxylic acids is 2. The Labute approximate surface area is 241 Å². The van der Waals surface area contributed by atoms with Gasteiger partial charge in [0, 0.05) is 28.6 Å². The van der Waals surface area contributed by atoms with Gasteiger partial charge in [0.15, 0.2) is 5.78 Å². The van der Waals surface area contributed by atoms with E-state index in [-0.39, 0.29) is 23.7 Å². The molecule has 0 heterocycles. The summed E-state index contributed by atoms with van der Waals surface area (Å²) in [5.41, 5.74) is 3.59. The summed E-state index contributed by atoms with van der Waals surface area (Å²) in [4.78, 5) is 39.6. The average molecular weight is 548 g/mol. The Morgan fingerprint density at radius 2 is 1.10 bits per heavy atom. The predicted octanol–water partition coefficient (Wildman–Crippen LogP) is 8.42. The van der Waals surface area contributed by atoms with Crippen LogP contribution >= 0.6 is 0 Å². The zero-order chi connectivity index (χ0) is 29.0. The molecule has 2 N–H and O–H groups in total. The summed E-state index contributed by atoms with van der Waals surface area (Å²) in [7, 11) is 0. The Kier molecular flexibility index (Phi) is 5.94. The van der Waals surface area contributed by atoms with Crippen molar-refractivity contribution in [2.75, 3.05) is 5.32 Å². The summed E-state index contributed by atoms with van der Waals surface area (Å²) in [6.45, 7) is 1.99. The van der Waals surface area contributed by atoms with E-state index < -0.39 is 5.97 Å². The highest BCUT2D eigenvalue weighted by Crippen LogP contribution is 2.44. The zero-order valence-corrected chi connectivity index (χ0v) is 22.8. The molecule has 0 aliphatic carbocycles. The summed E-state index contributed by atoms with van der Waals surface area (Å²) >= 11 is 0. The number of aromatic carboxylic acids is 1. The van der Waals surface area contributed by atoms with Gasteiger partial charge in [0.2, 0.25) is 0 Å². The van der Waals surface area contributed by atoms with E-state index in [0.717, 1.165) is 48.8 Å². The molecule has 0 unspecified atom stereocenters. The number of amides is 1. The van der Waals surface area contributed by atoms with Gasteiger partial charge < -0.3 is 10.4 Å². The van der Waals surface area contributed by atoms with Gasteiger partial charge in [0.05, 0.1) is 5.56 Å². The molecule has 42 heavy (non-hydrogen) atoms. The fourth-order valence-corrected chi connectivity index (χ4v) is 6.26. The van der Waals surface area contributed by atoms with Gasteiger partial charge in [0.1, 0.15) is 0 Å². The average Bonchev–Trinajstić information content (AvgIpc) is 3.00. The number of carboxylic acid groups (broad SMARTS) is 1. The van der Waals surface area contributed by atoms with Crippen LogP contribution in [0.3, 0.4) is 0 Å². The van der Waals surface area contributed by atoms with Gasteiger partial charge in [-0.1, -0.05) is 84.9 Å². The molecule has 1 amide bonds. The smallest absolute Gasteiger partial charge is 0.336 e. The third kappa shape index (κ3) is 3.98. The molecule has 0 saturated carbocycles. The molecule has 5 nitrogen and oxygen atoms in total. The van der Waals surface area contributed by atoms with Gasteiger partial charge in [0.25, 0.3) is 5.91 Å². The van der Waals surface area contributed by atoms with E-state index >= 15 is 0 Å². The van der Waals surface area contributed by atoms with E-state index in [1.807, 2.05) is 104 Å². The van der Waals surface area contributed by atoms with Crippen molar-refractivity contribution in [3.8, 4) is 0 Å². The van der Waals surface area contributed by atoms with Crippen LogP contribution in [0.1, 0.15) is 42.2 Å². The second kappa shape index (κ2) is 9.82. The lowest BCUT2D eigenvalue weighted by atomic mass is 9.83. The summed E-state index contributed by atoms with van der Waals surface area (Å²) in [5, 5.41) is 19.7. The minimum absolute atomic E-state index is 0.0951. The second-order valence-electron chi connectivity index (χ2n) is 10.6. The van der Waals surface area contributed by atoms with Crippen LogP contribution in [-0.2, 0) is 6.42 Å². The lowest BCUT2D eigenvalue weighted by molar-refractivity contribution is 0.0698. The second-order valence-corrected chi connectivity index (χ2v) is 10.6. The first-order valence-electron chi connectivity index (χ1n) is 13.8. The van der Waals surface area contributed by atoms with Crippen molar-refractivity contribution < 1.29 is 19.5 Å². The predicted molar refractivity (Wildman–Crippen MR) is 168 cm³/mol. The maximum absolute atomic E-state index is 13.6. The van der Waals surface area contributed by atoms with Crippen molar-refractivity contribution in [2.45, 2.75) is 13.3 Å². The number of benzene rings is 7. The number of aryl methyl sites for hydroxylation is 1. The van der Waals surface area contributed by atoms with Crippen LogP contribution in [0.5, 0.6) is 0 Å². The van der Waals surface area contributed by atoms with E-state index in [1.165, 1.54) is 0 Å². The summed E-state index contributed by atoms with van der Waals surface area (Å²) in [6.07, 6.45) is 0.170. The van der Waals surface area contributed by atoms with E-state index in [2.05, 4.69) is 5.32 Å². The molecule has 202 valence electrons. The van der Waals surface area contributed by atoms with Crippen LogP contribution in [-0.4, -0.2) is 22.8 Å². The quantitative estimate of drug-likeness (QED) is 0.124. The molecular weight excluding hydrogens is 522 g/mol. The van der Waals surface area contributed by atoms with E-state index in [0.29, 0.717) is 22.2 Å². The first kappa shape index (κ1) is 25.4. The SMILES string of the molecule is Cc1ccc2c3ccc(C(=O)O)c4c(C(=O)Cc5ccccc5)ccc(c5ccc(C(=O)Nc6ccccc6)c1c25)c43. The number of hydrogen-bond acceptors (Lipinski definition) is 3. The van der Waals surface area contributed by atoms with Crippen molar-refractivity contribution in [1.82, 2.24) is 0 Å². The largest absolute Gasteiger partial charge is 0.478 e. The van der Waals surface area contributed by atoms with Crippen molar-refractivity contribution in [3.63, 3.8) is 0 Å². The Morgan fingerprint density at radius 3 is 1.71 bits per heavy atom. The molecule has 7 rings (SSSR count). The van der Waals surface area contributed by atoms with Gasteiger partial charge >= 0.3 is 5.97 Å². The molecule has 0 saturated heterocycles. The molecule has 0 spiro atoms. The Morgan fingerprint density at radius 1 is 0.571 bits per heavy atom. The number of nitrogens with one attached hydrogen (secondary N) is 1. The first-order chi connectivity index (χ1) is 20.4. The van der Waals surface area contributed by atoms with Crippen molar-refractivity contribution >= 4 is 66.4 Å². The standard InChI is InChI=1S/C37H25NO4/c1-21-12-13-24-27-16-19-30(37(41)42)35-28(31(39)20-22-8-4-2-5-9-22)17-14-26(34(27)35)25-15-18-29(32(21)33(24)25)36(40)38-23-10-6-3-7-11-23/h2-19H,20H2,1H3,(H,38,40)(H,41,42). The number of anilines is 1. The van der Waals surface area contributed by atoms with Crippen LogP contribution in [0.2, 0.25) is 0 Å². The maximum Gasteiger partial charge on any atom is 0.336 e. The third-order valence-corrected chi connectivity index (χ3v) is 8.12. The van der Waals surface area contributed by atoms with Crippen LogP contribution in [0.15, 0.2) is 109 Å². The van der Waals surface area contributed by atoms with E-state index in [4.69, 9.17) is 0 Å². The molecular formula is C37H25NO4. The molecule has 0 aliphatic rings. The fourth-order valence-electron chi connectivity index (χ4n) is 6.26. The fraction of sp³-hybridized carbons (Fsp3) is 0.0541. The molecule has 0 bridgehead atoms. The van der Waals surface area contributed by atoms with Gasteiger partial charge in [-0.15, -0.1) is 0 Å². The highest BCUT2D eigenvalue weighted by molar-refractivity contribution is 6.37. The Balaban J connectivity index is 1.51. The number of para-hydroxylation sites is 1. The first-order valence-corrected chi connectivity index (χ1v) is 13.8. The van der Waals surface area contributed by atoms with Crippen molar-refractivity contribution in [3.05, 3.63) is 137 Å². The van der Waals surface area contributed by atoms with Gasteiger partial charge in [-0.2, -0.15) is 0 Å². The molecule has 0 fully saturated rings. The lowest BCUT2D eigenvalue weighted by Gasteiger charge is -2.20. The monoisotopic (exact) mass is 547 g/mol. The molecule has 0 aromatic heterocycles. The van der Waals surface area contributed by atoms with E-state index in [9.17, 15) is 19.5 Å². The van der Waals surface area contributed by atoms with Crippen LogP contribution in [0.4, 0.5) is 5.69 Å². The number of rotatable bonds is 6. The van der Waals surface area contributed by atoms with E-state index in [1.54, 1.807) is 12.1 Å². The number of fused-ring (bicyclic) bond motifs is 2. The highest BCUT2D eigenvalue weighted by Gasteiger charge is 2.24. The molecule has 0 aliphatic heterocycles. The summed E-state index contributed by atoms with van der Waals surface area (Å²) in [6, 6.07) is 33.7. The van der Waals surface area contributed by atoms with Crippen LogP contribution in [0.25, 0.3) is 43.1 Å². The highest BCUT2D eigenvalue weighted by atomic mass is 16.4. The van der Waals surface area contributed by atoms with Crippen LogP contribution < -0.4 is 5.32 Å². The Bertz CT molecular complexity index is 2180. The molecule has 5 heteroatoms. The number of carboxylic acids is 1. The summed E-state index contributed by atoms with van der Waals surface area (Å²) in [5.74, 6) is -1.42. The van der Waals surface area contributed by atoms with Crippen molar-refractivity contribution in [1.29, 1.82) is 0 Å². The lowest BCUT2D eigenvalue weighted by Crippen LogP contribution is -2.13. The van der Waals surface area contributed by atoms with Crippen LogP contribution in [0, 0.1) is 6.92 Å². The molecule has 7 aromatic rings. The van der Waals surface area contributed by atoms with Gasteiger partial charge in [-0.25, -0.2) is 4.79 Å². The molecule has 0 radical (unpaired) electrons. The number of carbonyl (C=O) groups is 3. The molecule has 7 aromatic carbocycles.